The van der Waals surface area contributed by atoms with Gasteiger partial charge in [-0.05, 0) is 12.1 Å². The summed E-state index contributed by atoms with van der Waals surface area (Å²) in [6, 6.07) is 5.62. The molecule has 0 aliphatic heterocycles. The van der Waals surface area contributed by atoms with Crippen molar-refractivity contribution in [3.63, 3.8) is 0 Å². The number of nitrogens with one attached hydrogen (secondary N) is 1. The van der Waals surface area contributed by atoms with Gasteiger partial charge < -0.3 is 14.5 Å². The molecule has 0 saturated carbocycles. The summed E-state index contributed by atoms with van der Waals surface area (Å²) in [5, 5.41) is 1.65. The number of rotatable bonds is 5. The fourth-order valence-electron chi connectivity index (χ4n) is 1.45. The van der Waals surface area contributed by atoms with E-state index in [0.29, 0.717) is 0 Å². The van der Waals surface area contributed by atoms with Crippen LogP contribution in [0.2, 0.25) is 0 Å². The average molecular weight is 318 g/mol. The van der Waals surface area contributed by atoms with Crippen LogP contribution in [0.3, 0.4) is 0 Å². The molecule has 5 nitrogen and oxygen atoms in total. The van der Waals surface area contributed by atoms with Crippen LogP contribution >= 0.6 is 0 Å². The Kier molecular flexibility index (Phi) is 4.64. The highest BCUT2D eigenvalue weighted by Crippen LogP contribution is 2.17. The van der Waals surface area contributed by atoms with E-state index in [2.05, 4.69) is 4.98 Å². The number of oxazole rings is 1. The molecule has 118 valence electrons. The van der Waals surface area contributed by atoms with Gasteiger partial charge in [-0.25, -0.2) is 9.37 Å². The minimum Gasteiger partial charge on any atom is -0.481 e. The first-order valence-electron chi connectivity index (χ1n) is 6.02. The van der Waals surface area contributed by atoms with Crippen molar-refractivity contribution in [3.8, 4) is 5.75 Å². The monoisotopic (exact) mass is 318 g/mol. The molecule has 0 saturated heterocycles. The van der Waals surface area contributed by atoms with Crippen molar-refractivity contribution in [2.75, 3.05) is 6.54 Å². The van der Waals surface area contributed by atoms with Crippen LogP contribution in [-0.4, -0.2) is 23.6 Å². The standard InChI is InChI=1S/C13H10F4N2O3/c14-8-3-1-2-4-10(8)21-6-11-19-9(5-22-11)12(20)18-7-13(15,16)17/h1-5H,6-7H2,(H,18,20). The Bertz CT molecular complexity index is 655. The quantitative estimate of drug-likeness (QED) is 0.861. The van der Waals surface area contributed by atoms with E-state index in [4.69, 9.17) is 9.15 Å². The molecule has 1 aromatic heterocycles. The molecule has 22 heavy (non-hydrogen) atoms. The van der Waals surface area contributed by atoms with E-state index in [9.17, 15) is 22.4 Å². The Morgan fingerprint density at radius 3 is 2.73 bits per heavy atom. The summed E-state index contributed by atoms with van der Waals surface area (Å²) in [7, 11) is 0. The van der Waals surface area contributed by atoms with Crippen LogP contribution in [0.25, 0.3) is 0 Å². The molecule has 1 aromatic carbocycles. The molecule has 1 N–H and O–H groups in total. The van der Waals surface area contributed by atoms with Crippen molar-refractivity contribution >= 4 is 5.91 Å². The number of alkyl halides is 3. The van der Waals surface area contributed by atoms with Crippen LogP contribution in [0.15, 0.2) is 34.9 Å². The molecule has 0 radical (unpaired) electrons. The molecule has 0 bridgehead atoms. The van der Waals surface area contributed by atoms with E-state index < -0.39 is 24.4 Å². The molecule has 1 amide bonds. The number of carbonyl (C=O) groups excluding carboxylic acids is 1. The lowest BCUT2D eigenvalue weighted by Gasteiger charge is -2.06. The third-order valence-electron chi connectivity index (χ3n) is 2.42. The van der Waals surface area contributed by atoms with Gasteiger partial charge in [-0.3, -0.25) is 4.79 Å². The van der Waals surface area contributed by atoms with Gasteiger partial charge in [-0.15, -0.1) is 0 Å². The average Bonchev–Trinajstić information content (AvgIpc) is 2.92. The molecule has 1 heterocycles. The number of nitrogens with zero attached hydrogens (tertiary/aromatic N) is 1. The second-order valence-corrected chi connectivity index (χ2v) is 4.14. The number of benzene rings is 1. The number of halogens is 4. The highest BCUT2D eigenvalue weighted by molar-refractivity contribution is 5.91. The highest BCUT2D eigenvalue weighted by atomic mass is 19.4. The van der Waals surface area contributed by atoms with E-state index in [1.807, 2.05) is 0 Å². The summed E-state index contributed by atoms with van der Waals surface area (Å²) >= 11 is 0. The predicted octanol–water partition coefficient (Wildman–Crippen LogP) is 2.68. The first-order chi connectivity index (χ1) is 10.3. The zero-order chi connectivity index (χ0) is 16.2. The summed E-state index contributed by atoms with van der Waals surface area (Å²) in [6.45, 7) is -1.74. The van der Waals surface area contributed by atoms with E-state index >= 15 is 0 Å². The van der Waals surface area contributed by atoms with Crippen molar-refractivity contribution in [3.05, 3.63) is 47.9 Å². The normalized spacial score (nSPS) is 11.3. The van der Waals surface area contributed by atoms with Crippen molar-refractivity contribution in [2.24, 2.45) is 0 Å². The van der Waals surface area contributed by atoms with Gasteiger partial charge in [0.15, 0.2) is 23.9 Å². The van der Waals surface area contributed by atoms with Gasteiger partial charge >= 0.3 is 6.18 Å². The van der Waals surface area contributed by atoms with Crippen LogP contribution < -0.4 is 10.1 Å². The van der Waals surface area contributed by atoms with E-state index in [0.717, 1.165) is 6.26 Å². The van der Waals surface area contributed by atoms with Gasteiger partial charge in [-0.1, -0.05) is 12.1 Å². The zero-order valence-corrected chi connectivity index (χ0v) is 11.0. The Balaban J connectivity index is 1.91. The number of para-hydroxylation sites is 1. The van der Waals surface area contributed by atoms with E-state index in [1.165, 1.54) is 18.2 Å². The number of ether oxygens (including phenoxy) is 1. The summed E-state index contributed by atoms with van der Waals surface area (Å²) in [4.78, 5) is 15.1. The second kappa shape index (κ2) is 6.46. The zero-order valence-electron chi connectivity index (χ0n) is 11.0. The summed E-state index contributed by atoms with van der Waals surface area (Å²) < 4.78 is 59.2. The molecule has 9 heteroatoms. The summed E-state index contributed by atoms with van der Waals surface area (Å²) in [5.74, 6) is -1.72. The molecule has 0 unspecified atom stereocenters. The SMILES string of the molecule is O=C(NCC(F)(F)F)c1coc(COc2ccccc2F)n1. The smallest absolute Gasteiger partial charge is 0.405 e. The molecular weight excluding hydrogens is 308 g/mol. The van der Waals surface area contributed by atoms with Gasteiger partial charge in [0.05, 0.1) is 0 Å². The lowest BCUT2D eigenvalue weighted by molar-refractivity contribution is -0.123. The Hall–Kier alpha value is -2.58. The fourth-order valence-corrected chi connectivity index (χ4v) is 1.45. The van der Waals surface area contributed by atoms with E-state index in [-0.39, 0.29) is 23.9 Å². The van der Waals surface area contributed by atoms with Crippen LogP contribution in [0.5, 0.6) is 5.75 Å². The number of carbonyl (C=O) groups is 1. The lowest BCUT2D eigenvalue weighted by Crippen LogP contribution is -2.33. The van der Waals surface area contributed by atoms with Crippen molar-refractivity contribution < 1.29 is 31.5 Å². The molecular formula is C13H10F4N2O3. The maximum atomic E-state index is 13.3. The number of aromatic nitrogens is 1. The third kappa shape index (κ3) is 4.47. The van der Waals surface area contributed by atoms with Crippen molar-refractivity contribution in [1.29, 1.82) is 0 Å². The van der Waals surface area contributed by atoms with Gasteiger partial charge in [0, 0.05) is 0 Å². The number of hydrogen-bond donors (Lipinski definition) is 1. The Morgan fingerprint density at radius 1 is 1.32 bits per heavy atom. The van der Waals surface area contributed by atoms with E-state index in [1.54, 1.807) is 11.4 Å². The second-order valence-electron chi connectivity index (χ2n) is 4.14. The largest absolute Gasteiger partial charge is 0.481 e. The van der Waals surface area contributed by atoms with Gasteiger partial charge in [0.1, 0.15) is 12.8 Å². The first kappa shape index (κ1) is 15.8. The fraction of sp³-hybridized carbons (Fsp3) is 0.231. The molecule has 2 aromatic rings. The van der Waals surface area contributed by atoms with Crippen molar-refractivity contribution in [2.45, 2.75) is 12.8 Å². The Labute approximate surface area is 121 Å². The molecule has 0 spiro atoms. The van der Waals surface area contributed by atoms with Crippen LogP contribution in [0.4, 0.5) is 17.6 Å². The van der Waals surface area contributed by atoms with Crippen LogP contribution in [0.1, 0.15) is 16.4 Å². The molecule has 0 aliphatic carbocycles. The topological polar surface area (TPSA) is 64.4 Å². The molecule has 0 fully saturated rings. The molecule has 0 aliphatic rings. The predicted molar refractivity (Wildman–Crippen MR) is 65.6 cm³/mol. The van der Waals surface area contributed by atoms with Crippen LogP contribution in [-0.2, 0) is 6.61 Å². The number of amides is 1. The van der Waals surface area contributed by atoms with Gasteiger partial charge in [0.2, 0.25) is 5.89 Å². The maximum absolute atomic E-state index is 13.3. The minimum absolute atomic E-state index is 0.0382. The molecule has 0 atom stereocenters. The number of hydrogen-bond acceptors (Lipinski definition) is 4. The maximum Gasteiger partial charge on any atom is 0.405 e. The minimum atomic E-state index is -4.52. The molecule has 2 rings (SSSR count). The summed E-state index contributed by atoms with van der Waals surface area (Å²) in [6.07, 6.45) is -3.62. The Morgan fingerprint density at radius 2 is 2.05 bits per heavy atom. The van der Waals surface area contributed by atoms with Crippen LogP contribution in [0, 0.1) is 5.82 Å². The summed E-state index contributed by atoms with van der Waals surface area (Å²) in [5.41, 5.74) is -0.323. The van der Waals surface area contributed by atoms with Gasteiger partial charge in [-0.2, -0.15) is 13.2 Å². The lowest BCUT2D eigenvalue weighted by atomic mass is 10.3. The highest BCUT2D eigenvalue weighted by Gasteiger charge is 2.28. The van der Waals surface area contributed by atoms with Crippen molar-refractivity contribution in [1.82, 2.24) is 10.3 Å². The third-order valence-corrected chi connectivity index (χ3v) is 2.42. The first-order valence-corrected chi connectivity index (χ1v) is 6.02. The van der Waals surface area contributed by atoms with Gasteiger partial charge in [0.25, 0.3) is 5.91 Å².